The summed E-state index contributed by atoms with van der Waals surface area (Å²) in [7, 11) is -2.31. The van der Waals surface area contributed by atoms with E-state index in [1.54, 1.807) is 11.7 Å². The third kappa shape index (κ3) is 4.26. The van der Waals surface area contributed by atoms with Gasteiger partial charge in [-0.3, -0.25) is 4.57 Å². The van der Waals surface area contributed by atoms with Gasteiger partial charge in [0.25, 0.3) is 15.2 Å². The highest BCUT2D eigenvalue weighted by Crippen LogP contribution is 2.25. The van der Waals surface area contributed by atoms with Crippen molar-refractivity contribution in [3.05, 3.63) is 5.82 Å². The molecule has 1 unspecified atom stereocenters. The molecule has 7 nitrogen and oxygen atoms in total. The summed E-state index contributed by atoms with van der Waals surface area (Å²) in [6.07, 6.45) is 4.00. The zero-order valence-electron chi connectivity index (χ0n) is 12.4. The van der Waals surface area contributed by atoms with Gasteiger partial charge in [0.05, 0.1) is 6.61 Å². The number of rotatable bonds is 9. The lowest BCUT2D eigenvalue weighted by Crippen LogP contribution is -2.21. The standard InChI is InChI=1S/C12H24N4O3S/c1-4-6-7-10(5-2)11-14-15-12(20(13,17)18)16(11)8-9-19-3/h10H,4-9H2,1-3H3,(H2,13,17,18). The topological polar surface area (TPSA) is 100 Å². The van der Waals surface area contributed by atoms with Crippen molar-refractivity contribution in [2.45, 2.75) is 57.1 Å². The van der Waals surface area contributed by atoms with E-state index in [0.717, 1.165) is 25.7 Å². The average molecular weight is 304 g/mol. The van der Waals surface area contributed by atoms with E-state index >= 15 is 0 Å². The predicted molar refractivity (Wildman–Crippen MR) is 75.8 cm³/mol. The summed E-state index contributed by atoms with van der Waals surface area (Å²) < 4.78 is 29.7. The van der Waals surface area contributed by atoms with Gasteiger partial charge in [-0.2, -0.15) is 0 Å². The highest BCUT2D eigenvalue weighted by molar-refractivity contribution is 7.89. The molecule has 0 bridgehead atoms. The number of hydrogen-bond donors (Lipinski definition) is 1. The monoisotopic (exact) mass is 304 g/mol. The Morgan fingerprint density at radius 1 is 1.35 bits per heavy atom. The minimum absolute atomic E-state index is 0.181. The van der Waals surface area contributed by atoms with E-state index in [1.165, 1.54) is 0 Å². The predicted octanol–water partition coefficient (Wildman–Crippen LogP) is 1.26. The second kappa shape index (κ2) is 7.70. The molecule has 0 fully saturated rings. The highest BCUT2D eigenvalue weighted by Gasteiger charge is 2.24. The van der Waals surface area contributed by atoms with Crippen molar-refractivity contribution in [2.24, 2.45) is 5.14 Å². The number of aromatic nitrogens is 3. The molecule has 1 heterocycles. The Bertz CT molecular complexity index is 513. The van der Waals surface area contributed by atoms with Crippen LogP contribution in [-0.2, 0) is 21.3 Å². The minimum atomic E-state index is -3.87. The Balaban J connectivity index is 3.14. The van der Waals surface area contributed by atoms with Gasteiger partial charge in [0.1, 0.15) is 5.82 Å². The van der Waals surface area contributed by atoms with E-state index in [2.05, 4.69) is 24.0 Å². The molecule has 116 valence electrons. The normalized spacial score (nSPS) is 13.6. The molecule has 20 heavy (non-hydrogen) atoms. The second-order valence-corrected chi connectivity index (χ2v) is 6.23. The van der Waals surface area contributed by atoms with Crippen molar-refractivity contribution in [1.29, 1.82) is 0 Å². The first-order chi connectivity index (χ1) is 9.45. The van der Waals surface area contributed by atoms with Crippen molar-refractivity contribution < 1.29 is 13.2 Å². The van der Waals surface area contributed by atoms with Crippen molar-refractivity contribution in [3.63, 3.8) is 0 Å². The second-order valence-electron chi connectivity index (χ2n) is 4.78. The van der Waals surface area contributed by atoms with E-state index in [0.29, 0.717) is 19.0 Å². The number of hydrogen-bond acceptors (Lipinski definition) is 5. The van der Waals surface area contributed by atoms with Gasteiger partial charge in [0.15, 0.2) is 0 Å². The number of nitrogens with zero attached hydrogens (tertiary/aromatic N) is 3. The molecule has 0 saturated carbocycles. The Labute approximate surface area is 120 Å². The average Bonchev–Trinajstić information content (AvgIpc) is 2.81. The van der Waals surface area contributed by atoms with Crippen LogP contribution in [0.25, 0.3) is 0 Å². The first kappa shape index (κ1) is 17.1. The van der Waals surface area contributed by atoms with Crippen molar-refractivity contribution in [1.82, 2.24) is 14.8 Å². The van der Waals surface area contributed by atoms with Crippen LogP contribution in [0.3, 0.4) is 0 Å². The Kier molecular flexibility index (Phi) is 6.57. The number of unbranched alkanes of at least 4 members (excludes halogenated alkanes) is 1. The minimum Gasteiger partial charge on any atom is -0.383 e. The quantitative estimate of drug-likeness (QED) is 0.740. The van der Waals surface area contributed by atoms with Gasteiger partial charge in [0, 0.05) is 19.6 Å². The summed E-state index contributed by atoms with van der Waals surface area (Å²) in [4.78, 5) is 0. The maximum Gasteiger partial charge on any atom is 0.273 e. The van der Waals surface area contributed by atoms with Crippen LogP contribution in [0, 0.1) is 0 Å². The molecule has 2 N–H and O–H groups in total. The Hall–Kier alpha value is -0.990. The molecular weight excluding hydrogens is 280 g/mol. The molecule has 0 aliphatic rings. The number of ether oxygens (including phenoxy) is 1. The van der Waals surface area contributed by atoms with Crippen LogP contribution in [0.5, 0.6) is 0 Å². The van der Waals surface area contributed by atoms with Crippen LogP contribution in [0.1, 0.15) is 51.3 Å². The molecule has 1 rings (SSSR count). The van der Waals surface area contributed by atoms with Crippen LogP contribution in [0.15, 0.2) is 5.16 Å². The van der Waals surface area contributed by atoms with Crippen LogP contribution < -0.4 is 5.14 Å². The molecule has 1 aromatic rings. The molecule has 0 spiro atoms. The number of methoxy groups -OCH3 is 1. The van der Waals surface area contributed by atoms with Crippen LogP contribution >= 0.6 is 0 Å². The third-order valence-corrected chi connectivity index (χ3v) is 4.09. The van der Waals surface area contributed by atoms with E-state index in [1.807, 2.05) is 0 Å². The molecule has 8 heteroatoms. The molecule has 1 aromatic heterocycles. The van der Waals surface area contributed by atoms with Gasteiger partial charge in [-0.15, -0.1) is 10.2 Å². The molecule has 0 radical (unpaired) electrons. The summed E-state index contributed by atoms with van der Waals surface area (Å²) >= 11 is 0. The summed E-state index contributed by atoms with van der Waals surface area (Å²) in [6, 6.07) is 0. The zero-order chi connectivity index (χ0) is 15.2. The lowest BCUT2D eigenvalue weighted by molar-refractivity contribution is 0.182. The molecule has 0 aliphatic heterocycles. The molecule has 0 amide bonds. The van der Waals surface area contributed by atoms with E-state index in [9.17, 15) is 8.42 Å². The van der Waals surface area contributed by atoms with Crippen LogP contribution in [-0.4, -0.2) is 36.9 Å². The number of primary sulfonamides is 1. The smallest absolute Gasteiger partial charge is 0.273 e. The van der Waals surface area contributed by atoms with Gasteiger partial charge >= 0.3 is 0 Å². The first-order valence-electron chi connectivity index (χ1n) is 6.90. The fourth-order valence-electron chi connectivity index (χ4n) is 2.17. The maximum atomic E-state index is 11.6. The van der Waals surface area contributed by atoms with Gasteiger partial charge in [-0.25, -0.2) is 13.6 Å². The van der Waals surface area contributed by atoms with Crippen molar-refractivity contribution in [2.75, 3.05) is 13.7 Å². The van der Waals surface area contributed by atoms with Gasteiger partial charge in [-0.05, 0) is 12.8 Å². The molecule has 1 atom stereocenters. The summed E-state index contributed by atoms with van der Waals surface area (Å²) in [6.45, 7) is 4.95. The Morgan fingerprint density at radius 2 is 2.05 bits per heavy atom. The Morgan fingerprint density at radius 3 is 2.55 bits per heavy atom. The van der Waals surface area contributed by atoms with E-state index in [4.69, 9.17) is 9.88 Å². The fraction of sp³-hybridized carbons (Fsp3) is 0.833. The van der Waals surface area contributed by atoms with Gasteiger partial charge < -0.3 is 4.74 Å². The highest BCUT2D eigenvalue weighted by atomic mass is 32.2. The lowest BCUT2D eigenvalue weighted by Gasteiger charge is -2.16. The first-order valence-corrected chi connectivity index (χ1v) is 8.45. The van der Waals surface area contributed by atoms with Crippen LogP contribution in [0.2, 0.25) is 0 Å². The largest absolute Gasteiger partial charge is 0.383 e. The van der Waals surface area contributed by atoms with E-state index < -0.39 is 10.0 Å². The summed E-state index contributed by atoms with van der Waals surface area (Å²) in [5.74, 6) is 0.872. The zero-order valence-corrected chi connectivity index (χ0v) is 13.2. The number of sulfonamides is 1. The van der Waals surface area contributed by atoms with E-state index in [-0.39, 0.29) is 11.1 Å². The molecule has 0 aromatic carbocycles. The lowest BCUT2D eigenvalue weighted by atomic mass is 9.98. The van der Waals surface area contributed by atoms with Crippen LogP contribution in [0.4, 0.5) is 0 Å². The summed E-state index contributed by atoms with van der Waals surface area (Å²) in [5.41, 5.74) is 0. The molecule has 0 saturated heterocycles. The molecular formula is C12H24N4O3S. The van der Waals surface area contributed by atoms with Crippen molar-refractivity contribution >= 4 is 10.0 Å². The van der Waals surface area contributed by atoms with Gasteiger partial charge in [0.2, 0.25) is 0 Å². The van der Waals surface area contributed by atoms with Crippen molar-refractivity contribution in [3.8, 4) is 0 Å². The molecule has 0 aliphatic carbocycles. The number of nitrogens with two attached hydrogens (primary N) is 1. The fourth-order valence-corrected chi connectivity index (χ4v) is 2.82. The third-order valence-electron chi connectivity index (χ3n) is 3.28. The SMILES string of the molecule is CCCCC(CC)c1nnc(S(N)(=O)=O)n1CCOC. The van der Waals surface area contributed by atoms with Gasteiger partial charge in [-0.1, -0.05) is 26.7 Å². The summed E-state index contributed by atoms with van der Waals surface area (Å²) in [5, 5.41) is 12.8. The maximum absolute atomic E-state index is 11.6.